The molecular weight excluding hydrogens is 212 g/mol. The molecule has 1 aromatic carbocycles. The van der Waals surface area contributed by atoms with E-state index >= 15 is 0 Å². The van der Waals surface area contributed by atoms with Crippen molar-refractivity contribution in [1.29, 1.82) is 0 Å². The normalized spacial score (nSPS) is 12.7. The molecule has 84 valence electrons. The Bertz CT molecular complexity index is 359. The number of halogens is 1. The molecule has 15 heavy (non-hydrogen) atoms. The second-order valence-electron chi connectivity index (χ2n) is 3.85. The molecule has 0 spiro atoms. The molecule has 1 N–H and O–H groups in total. The summed E-state index contributed by atoms with van der Waals surface area (Å²) in [5.74, 6) is 0.818. The topological polar surface area (TPSA) is 29.5 Å². The Balaban J connectivity index is 3.24. The molecular formula is C12H17ClO2. The maximum absolute atomic E-state index is 9.37. The molecule has 0 heterocycles. The summed E-state index contributed by atoms with van der Waals surface area (Å²) in [4.78, 5) is 0. The fraction of sp³-hybridized carbons (Fsp3) is 0.500. The highest BCUT2D eigenvalue weighted by molar-refractivity contribution is 6.31. The fourth-order valence-electron chi connectivity index (χ4n) is 1.74. The SMILES string of the molecule is COc1c(C)c(Cl)cc(CC(C)O)c1C. The molecule has 1 rings (SSSR count). The number of benzene rings is 1. The third-order valence-electron chi connectivity index (χ3n) is 2.54. The maximum atomic E-state index is 9.37. The van der Waals surface area contributed by atoms with Gasteiger partial charge in [0.1, 0.15) is 5.75 Å². The van der Waals surface area contributed by atoms with Crippen LogP contribution in [0.3, 0.4) is 0 Å². The summed E-state index contributed by atoms with van der Waals surface area (Å²) in [5, 5.41) is 10.1. The van der Waals surface area contributed by atoms with Gasteiger partial charge < -0.3 is 9.84 Å². The van der Waals surface area contributed by atoms with Gasteiger partial charge in [-0.1, -0.05) is 11.6 Å². The van der Waals surface area contributed by atoms with Crippen molar-refractivity contribution in [3.63, 3.8) is 0 Å². The number of aliphatic hydroxyl groups excluding tert-OH is 1. The van der Waals surface area contributed by atoms with Crippen LogP contribution in [0.1, 0.15) is 23.6 Å². The molecule has 1 atom stereocenters. The van der Waals surface area contributed by atoms with Crippen molar-refractivity contribution in [2.24, 2.45) is 0 Å². The molecule has 0 aliphatic heterocycles. The van der Waals surface area contributed by atoms with Gasteiger partial charge in [-0.2, -0.15) is 0 Å². The summed E-state index contributed by atoms with van der Waals surface area (Å²) < 4.78 is 5.31. The van der Waals surface area contributed by atoms with Crippen molar-refractivity contribution in [3.8, 4) is 5.75 Å². The smallest absolute Gasteiger partial charge is 0.126 e. The standard InChI is InChI=1S/C12H17ClO2/c1-7(14)5-10-6-11(13)9(3)12(15-4)8(10)2/h6-7,14H,5H2,1-4H3. The first kappa shape index (κ1) is 12.3. The molecule has 0 amide bonds. The van der Waals surface area contributed by atoms with Crippen molar-refractivity contribution in [1.82, 2.24) is 0 Å². The fourth-order valence-corrected chi connectivity index (χ4v) is 1.96. The Kier molecular flexibility index (Phi) is 4.00. The van der Waals surface area contributed by atoms with Gasteiger partial charge in [-0.05, 0) is 44.4 Å². The predicted molar refractivity (Wildman–Crippen MR) is 62.9 cm³/mol. The summed E-state index contributed by atoms with van der Waals surface area (Å²) in [7, 11) is 1.64. The van der Waals surface area contributed by atoms with E-state index in [1.165, 1.54) is 0 Å². The molecule has 1 unspecified atom stereocenters. The number of aliphatic hydroxyl groups is 1. The zero-order valence-electron chi connectivity index (χ0n) is 9.60. The Morgan fingerprint density at radius 2 is 2.00 bits per heavy atom. The van der Waals surface area contributed by atoms with Crippen LogP contribution in [-0.2, 0) is 6.42 Å². The first-order valence-corrected chi connectivity index (χ1v) is 5.35. The molecule has 3 heteroatoms. The van der Waals surface area contributed by atoms with E-state index in [9.17, 15) is 5.11 Å². The Hall–Kier alpha value is -0.730. The molecule has 0 bridgehead atoms. The first-order valence-electron chi connectivity index (χ1n) is 4.98. The minimum atomic E-state index is -0.368. The molecule has 0 saturated heterocycles. The zero-order chi connectivity index (χ0) is 11.6. The Morgan fingerprint density at radius 1 is 1.40 bits per heavy atom. The summed E-state index contributed by atoms with van der Waals surface area (Å²) in [6, 6.07) is 1.90. The second kappa shape index (κ2) is 4.86. The lowest BCUT2D eigenvalue weighted by Gasteiger charge is -2.15. The van der Waals surface area contributed by atoms with Gasteiger partial charge in [-0.15, -0.1) is 0 Å². The lowest BCUT2D eigenvalue weighted by molar-refractivity contribution is 0.195. The highest BCUT2D eigenvalue weighted by Crippen LogP contribution is 2.32. The van der Waals surface area contributed by atoms with Gasteiger partial charge in [-0.25, -0.2) is 0 Å². The van der Waals surface area contributed by atoms with Gasteiger partial charge >= 0.3 is 0 Å². The van der Waals surface area contributed by atoms with E-state index in [4.69, 9.17) is 16.3 Å². The second-order valence-corrected chi connectivity index (χ2v) is 4.26. The van der Waals surface area contributed by atoms with E-state index in [0.29, 0.717) is 11.4 Å². The molecule has 2 nitrogen and oxygen atoms in total. The minimum absolute atomic E-state index is 0.368. The van der Waals surface area contributed by atoms with E-state index < -0.39 is 0 Å². The van der Waals surface area contributed by atoms with Crippen LogP contribution in [0, 0.1) is 13.8 Å². The lowest BCUT2D eigenvalue weighted by Crippen LogP contribution is -2.07. The maximum Gasteiger partial charge on any atom is 0.126 e. The van der Waals surface area contributed by atoms with Gasteiger partial charge in [-0.3, -0.25) is 0 Å². The molecule has 0 saturated carbocycles. The number of rotatable bonds is 3. The van der Waals surface area contributed by atoms with Gasteiger partial charge in [0, 0.05) is 10.6 Å². The summed E-state index contributed by atoms with van der Waals surface area (Å²) >= 11 is 6.09. The number of hydrogen-bond donors (Lipinski definition) is 1. The number of methoxy groups -OCH3 is 1. The summed E-state index contributed by atoms with van der Waals surface area (Å²) in [6.07, 6.45) is 0.231. The third-order valence-corrected chi connectivity index (χ3v) is 2.93. The monoisotopic (exact) mass is 228 g/mol. The highest BCUT2D eigenvalue weighted by Gasteiger charge is 2.13. The quantitative estimate of drug-likeness (QED) is 0.862. The van der Waals surface area contributed by atoms with Crippen molar-refractivity contribution >= 4 is 11.6 Å². The molecule has 0 aliphatic carbocycles. The molecule has 0 aliphatic rings. The molecule has 0 aromatic heterocycles. The van der Waals surface area contributed by atoms with Crippen LogP contribution in [0.2, 0.25) is 5.02 Å². The van der Waals surface area contributed by atoms with E-state index in [-0.39, 0.29) is 6.10 Å². The van der Waals surface area contributed by atoms with Crippen LogP contribution in [0.25, 0.3) is 0 Å². The minimum Gasteiger partial charge on any atom is -0.496 e. The first-order chi connectivity index (χ1) is 6.97. The summed E-state index contributed by atoms with van der Waals surface area (Å²) in [6.45, 7) is 5.68. The van der Waals surface area contributed by atoms with E-state index in [1.807, 2.05) is 19.9 Å². The van der Waals surface area contributed by atoms with Gasteiger partial charge in [0.2, 0.25) is 0 Å². The Labute approximate surface area is 95.8 Å². The number of ether oxygens (including phenoxy) is 1. The average Bonchev–Trinajstić information content (AvgIpc) is 2.14. The number of hydrogen-bond acceptors (Lipinski definition) is 2. The van der Waals surface area contributed by atoms with Crippen molar-refractivity contribution < 1.29 is 9.84 Å². The lowest BCUT2D eigenvalue weighted by atomic mass is 9.99. The van der Waals surface area contributed by atoms with E-state index in [0.717, 1.165) is 22.4 Å². The van der Waals surface area contributed by atoms with Crippen molar-refractivity contribution in [2.75, 3.05) is 7.11 Å². The van der Waals surface area contributed by atoms with Crippen LogP contribution < -0.4 is 4.74 Å². The molecule has 0 radical (unpaired) electrons. The van der Waals surface area contributed by atoms with Crippen LogP contribution >= 0.6 is 11.6 Å². The summed E-state index contributed by atoms with van der Waals surface area (Å²) in [5.41, 5.74) is 3.05. The van der Waals surface area contributed by atoms with Gasteiger partial charge in [0.05, 0.1) is 13.2 Å². The third kappa shape index (κ3) is 2.64. The average molecular weight is 229 g/mol. The molecule has 1 aromatic rings. The predicted octanol–water partition coefficient (Wildman–Crippen LogP) is 2.89. The van der Waals surface area contributed by atoms with Crippen LogP contribution in [0.4, 0.5) is 0 Å². The van der Waals surface area contributed by atoms with Gasteiger partial charge in [0.15, 0.2) is 0 Å². The molecule has 0 fully saturated rings. The van der Waals surface area contributed by atoms with Crippen LogP contribution in [-0.4, -0.2) is 18.3 Å². The Morgan fingerprint density at radius 3 is 2.47 bits per heavy atom. The van der Waals surface area contributed by atoms with Crippen molar-refractivity contribution in [3.05, 3.63) is 27.8 Å². The van der Waals surface area contributed by atoms with Crippen LogP contribution in [0.15, 0.2) is 6.07 Å². The van der Waals surface area contributed by atoms with E-state index in [1.54, 1.807) is 14.0 Å². The van der Waals surface area contributed by atoms with Gasteiger partial charge in [0.25, 0.3) is 0 Å². The zero-order valence-corrected chi connectivity index (χ0v) is 10.4. The van der Waals surface area contributed by atoms with Crippen molar-refractivity contribution in [2.45, 2.75) is 33.3 Å². The highest BCUT2D eigenvalue weighted by atomic mass is 35.5. The van der Waals surface area contributed by atoms with E-state index in [2.05, 4.69) is 0 Å². The van der Waals surface area contributed by atoms with Crippen LogP contribution in [0.5, 0.6) is 5.75 Å². The largest absolute Gasteiger partial charge is 0.496 e.